The molecule has 0 amide bonds. The monoisotopic (exact) mass is 212 g/mol. The van der Waals surface area contributed by atoms with Gasteiger partial charge in [0.25, 0.3) is 0 Å². The fourth-order valence-electron chi connectivity index (χ4n) is 1.40. The Morgan fingerprint density at radius 3 is 2.93 bits per heavy atom. The summed E-state index contributed by atoms with van der Waals surface area (Å²) in [6, 6.07) is 0.152. The minimum Gasteiger partial charge on any atom is -0.380 e. The molecule has 15 heavy (non-hydrogen) atoms. The molecule has 5 heteroatoms. The molecule has 1 aromatic heterocycles. The van der Waals surface area contributed by atoms with Gasteiger partial charge in [-0.25, -0.2) is 0 Å². The third kappa shape index (κ3) is 3.99. The number of aryl methyl sites for hydroxylation is 1. The van der Waals surface area contributed by atoms with Crippen molar-refractivity contribution in [3.05, 3.63) is 18.0 Å². The summed E-state index contributed by atoms with van der Waals surface area (Å²) < 4.78 is 7.23. The van der Waals surface area contributed by atoms with Crippen molar-refractivity contribution in [3.8, 4) is 0 Å². The normalized spacial score (nSPS) is 13.0. The minimum absolute atomic E-state index is 0.152. The summed E-state index contributed by atoms with van der Waals surface area (Å²) in [4.78, 5) is 0. The van der Waals surface area contributed by atoms with Crippen molar-refractivity contribution in [1.29, 1.82) is 0 Å². The summed E-state index contributed by atoms with van der Waals surface area (Å²) in [5.41, 5.74) is 3.93. The van der Waals surface area contributed by atoms with Gasteiger partial charge in [0.2, 0.25) is 0 Å². The molecular weight excluding hydrogens is 192 g/mol. The molecule has 3 N–H and O–H groups in total. The Morgan fingerprint density at radius 1 is 1.60 bits per heavy atom. The van der Waals surface area contributed by atoms with Crippen molar-refractivity contribution in [3.63, 3.8) is 0 Å². The van der Waals surface area contributed by atoms with Crippen molar-refractivity contribution >= 4 is 0 Å². The Labute approximate surface area is 90.6 Å². The largest absolute Gasteiger partial charge is 0.380 e. The van der Waals surface area contributed by atoms with Gasteiger partial charge in [0.15, 0.2) is 0 Å². The predicted octanol–water partition coefficient (Wildman–Crippen LogP) is 0.314. The van der Waals surface area contributed by atoms with Gasteiger partial charge in [0, 0.05) is 25.4 Å². The van der Waals surface area contributed by atoms with E-state index in [-0.39, 0.29) is 6.04 Å². The first kappa shape index (κ1) is 12.2. The molecular formula is C10H20N4O. The van der Waals surface area contributed by atoms with Crippen LogP contribution in [0.3, 0.4) is 0 Å². The maximum atomic E-state index is 5.44. The van der Waals surface area contributed by atoms with Crippen molar-refractivity contribution in [2.75, 3.05) is 13.2 Å². The minimum atomic E-state index is 0.152. The lowest BCUT2D eigenvalue weighted by Gasteiger charge is -2.14. The van der Waals surface area contributed by atoms with Crippen molar-refractivity contribution < 1.29 is 4.74 Å². The summed E-state index contributed by atoms with van der Waals surface area (Å²) in [7, 11) is 0. The van der Waals surface area contributed by atoms with Gasteiger partial charge in [-0.3, -0.25) is 16.0 Å². The van der Waals surface area contributed by atoms with Crippen LogP contribution in [0.5, 0.6) is 0 Å². The van der Waals surface area contributed by atoms with E-state index >= 15 is 0 Å². The first-order valence-corrected chi connectivity index (χ1v) is 5.35. The number of aromatic nitrogens is 2. The maximum absolute atomic E-state index is 5.44. The zero-order valence-corrected chi connectivity index (χ0v) is 9.44. The van der Waals surface area contributed by atoms with Gasteiger partial charge < -0.3 is 4.74 Å². The fourth-order valence-corrected chi connectivity index (χ4v) is 1.40. The smallest absolute Gasteiger partial charge is 0.0636 e. The molecule has 0 aromatic carbocycles. The number of hydrazine groups is 1. The van der Waals surface area contributed by atoms with E-state index in [1.807, 2.05) is 24.0 Å². The highest BCUT2D eigenvalue weighted by Crippen LogP contribution is 2.02. The third-order valence-corrected chi connectivity index (χ3v) is 2.25. The van der Waals surface area contributed by atoms with E-state index in [1.54, 1.807) is 0 Å². The summed E-state index contributed by atoms with van der Waals surface area (Å²) in [5, 5.41) is 4.21. The fraction of sp³-hybridized carbons (Fsp3) is 0.700. The molecule has 86 valence electrons. The molecule has 1 atom stereocenters. The van der Waals surface area contributed by atoms with E-state index in [9.17, 15) is 0 Å². The topological polar surface area (TPSA) is 65.1 Å². The number of ether oxygens (including phenoxy) is 1. The van der Waals surface area contributed by atoms with Gasteiger partial charge in [0.1, 0.15) is 0 Å². The highest BCUT2D eigenvalue weighted by molar-refractivity contribution is 5.06. The molecule has 0 saturated carbocycles. The number of hydrogen-bond acceptors (Lipinski definition) is 4. The molecule has 1 rings (SSSR count). The highest BCUT2D eigenvalue weighted by atomic mass is 16.5. The number of nitrogens with two attached hydrogens (primary N) is 1. The molecule has 5 nitrogen and oxygen atoms in total. The first-order chi connectivity index (χ1) is 7.30. The molecule has 1 heterocycles. The molecule has 0 aliphatic carbocycles. The summed E-state index contributed by atoms with van der Waals surface area (Å²) >= 11 is 0. The molecule has 0 spiro atoms. The van der Waals surface area contributed by atoms with Crippen molar-refractivity contribution in [2.24, 2.45) is 5.84 Å². The molecule has 1 aromatic rings. The van der Waals surface area contributed by atoms with E-state index in [1.165, 1.54) is 5.56 Å². The van der Waals surface area contributed by atoms with Crippen LogP contribution in [0, 0.1) is 0 Å². The van der Waals surface area contributed by atoms with Crippen LogP contribution in [-0.2, 0) is 17.7 Å². The lowest BCUT2D eigenvalue weighted by Crippen LogP contribution is -2.40. The zero-order valence-electron chi connectivity index (χ0n) is 9.44. The SMILES string of the molecule is CCOCC(Cc1cnn(CC)c1)NN. The van der Waals surface area contributed by atoms with E-state index in [0.29, 0.717) is 13.2 Å². The van der Waals surface area contributed by atoms with E-state index in [2.05, 4.69) is 17.4 Å². The van der Waals surface area contributed by atoms with Crippen LogP contribution in [0.15, 0.2) is 12.4 Å². The van der Waals surface area contributed by atoms with Crippen molar-refractivity contribution in [1.82, 2.24) is 15.2 Å². The highest BCUT2D eigenvalue weighted by Gasteiger charge is 2.08. The number of nitrogens with one attached hydrogen (secondary N) is 1. The van der Waals surface area contributed by atoms with Crippen LogP contribution in [0.4, 0.5) is 0 Å². The van der Waals surface area contributed by atoms with Crippen LogP contribution in [0.1, 0.15) is 19.4 Å². The number of nitrogens with zero attached hydrogens (tertiary/aromatic N) is 2. The third-order valence-electron chi connectivity index (χ3n) is 2.25. The maximum Gasteiger partial charge on any atom is 0.0636 e. The second-order valence-electron chi connectivity index (χ2n) is 3.43. The molecule has 0 radical (unpaired) electrons. The first-order valence-electron chi connectivity index (χ1n) is 5.35. The van der Waals surface area contributed by atoms with E-state index in [4.69, 9.17) is 10.6 Å². The van der Waals surface area contributed by atoms with Gasteiger partial charge in [-0.1, -0.05) is 0 Å². The predicted molar refractivity (Wildman–Crippen MR) is 59.2 cm³/mol. The molecule has 0 aliphatic heterocycles. The lowest BCUT2D eigenvalue weighted by atomic mass is 10.1. The Balaban J connectivity index is 2.43. The Kier molecular flexibility index (Phi) is 5.31. The quantitative estimate of drug-likeness (QED) is 0.504. The lowest BCUT2D eigenvalue weighted by molar-refractivity contribution is 0.123. The number of hydrogen-bond donors (Lipinski definition) is 2. The van der Waals surface area contributed by atoms with Crippen LogP contribution < -0.4 is 11.3 Å². The molecule has 0 fully saturated rings. The van der Waals surface area contributed by atoms with E-state index < -0.39 is 0 Å². The van der Waals surface area contributed by atoms with Gasteiger partial charge >= 0.3 is 0 Å². The summed E-state index contributed by atoms with van der Waals surface area (Å²) in [6.07, 6.45) is 4.76. The molecule has 0 bridgehead atoms. The van der Waals surface area contributed by atoms with Gasteiger partial charge in [-0.2, -0.15) is 5.10 Å². The zero-order chi connectivity index (χ0) is 11.1. The standard InChI is InChI=1S/C10H20N4O/c1-3-14-7-9(6-12-14)5-10(13-11)8-15-4-2/h6-7,10,13H,3-5,8,11H2,1-2H3. The average molecular weight is 212 g/mol. The Bertz CT molecular complexity index is 274. The summed E-state index contributed by atoms with van der Waals surface area (Å²) in [5.74, 6) is 5.44. The van der Waals surface area contributed by atoms with Crippen LogP contribution >= 0.6 is 0 Å². The molecule has 0 aliphatic rings. The van der Waals surface area contributed by atoms with Crippen LogP contribution in [0.2, 0.25) is 0 Å². The number of rotatable bonds is 7. The van der Waals surface area contributed by atoms with Crippen LogP contribution in [0.25, 0.3) is 0 Å². The molecule has 0 saturated heterocycles. The van der Waals surface area contributed by atoms with Crippen molar-refractivity contribution in [2.45, 2.75) is 32.9 Å². The van der Waals surface area contributed by atoms with Gasteiger partial charge in [-0.15, -0.1) is 0 Å². The Hall–Kier alpha value is -0.910. The van der Waals surface area contributed by atoms with Gasteiger partial charge in [-0.05, 0) is 25.8 Å². The van der Waals surface area contributed by atoms with Gasteiger partial charge in [0.05, 0.1) is 12.8 Å². The summed E-state index contributed by atoms with van der Waals surface area (Å²) in [6.45, 7) is 6.28. The molecule has 1 unspecified atom stereocenters. The van der Waals surface area contributed by atoms with Crippen LogP contribution in [-0.4, -0.2) is 29.0 Å². The second-order valence-corrected chi connectivity index (χ2v) is 3.43. The second kappa shape index (κ2) is 6.55. The van der Waals surface area contributed by atoms with E-state index in [0.717, 1.165) is 13.0 Å². The average Bonchev–Trinajstić information content (AvgIpc) is 2.71. The Morgan fingerprint density at radius 2 is 2.40 bits per heavy atom.